The highest BCUT2D eigenvalue weighted by Gasteiger charge is 2.16. The van der Waals surface area contributed by atoms with E-state index < -0.39 is 5.82 Å². The summed E-state index contributed by atoms with van der Waals surface area (Å²) in [7, 11) is 0. The van der Waals surface area contributed by atoms with Gasteiger partial charge in [0.1, 0.15) is 17.2 Å². The second-order valence-electron chi connectivity index (χ2n) is 7.67. The van der Waals surface area contributed by atoms with E-state index in [2.05, 4.69) is 10.3 Å². The zero-order chi connectivity index (χ0) is 20.2. The van der Waals surface area contributed by atoms with Crippen LogP contribution in [0.5, 0.6) is 0 Å². The molecule has 0 aliphatic heterocycles. The number of benzene rings is 1. The van der Waals surface area contributed by atoms with E-state index in [4.69, 9.17) is 0 Å². The van der Waals surface area contributed by atoms with Crippen LogP contribution in [0.25, 0.3) is 5.65 Å². The minimum absolute atomic E-state index is 0.128. The molecule has 0 unspecified atom stereocenters. The van der Waals surface area contributed by atoms with E-state index in [1.54, 1.807) is 24.3 Å². The third-order valence-corrected chi connectivity index (χ3v) is 5.67. The molecule has 1 aliphatic rings. The van der Waals surface area contributed by atoms with E-state index >= 15 is 0 Å². The zero-order valence-corrected chi connectivity index (χ0v) is 16.2. The first-order valence-electron chi connectivity index (χ1n) is 10.2. The maximum atomic E-state index is 13.5. The Kier molecular flexibility index (Phi) is 5.69. The molecular formula is C23H24FN3O2. The first-order valence-corrected chi connectivity index (χ1v) is 10.2. The molecule has 1 aromatic carbocycles. The Balaban J connectivity index is 1.39. The summed E-state index contributed by atoms with van der Waals surface area (Å²) < 4.78 is 15.0. The lowest BCUT2D eigenvalue weighted by molar-refractivity contribution is 0.0948. The van der Waals surface area contributed by atoms with Gasteiger partial charge in [0.15, 0.2) is 0 Å². The molecule has 0 spiro atoms. The van der Waals surface area contributed by atoms with Gasteiger partial charge in [0.2, 0.25) is 5.78 Å². The molecule has 3 aromatic rings. The number of carbonyl (C=O) groups excluding carboxylic acids is 2. The molecular weight excluding hydrogens is 369 g/mol. The zero-order valence-electron chi connectivity index (χ0n) is 16.2. The number of amides is 1. The Morgan fingerprint density at radius 2 is 1.76 bits per heavy atom. The van der Waals surface area contributed by atoms with Crippen molar-refractivity contribution in [3.8, 4) is 0 Å². The number of nitrogens with zero attached hydrogens (tertiary/aromatic N) is 2. The van der Waals surface area contributed by atoms with Crippen LogP contribution in [0.15, 0.2) is 48.8 Å². The molecule has 1 amide bonds. The van der Waals surface area contributed by atoms with E-state index in [0.29, 0.717) is 23.3 Å². The topological polar surface area (TPSA) is 63.5 Å². The van der Waals surface area contributed by atoms with Crippen LogP contribution in [-0.2, 0) is 0 Å². The lowest BCUT2D eigenvalue weighted by atomic mass is 9.87. The molecule has 0 atom stereocenters. The second-order valence-corrected chi connectivity index (χ2v) is 7.67. The van der Waals surface area contributed by atoms with Gasteiger partial charge in [0.05, 0.1) is 6.20 Å². The predicted molar refractivity (Wildman–Crippen MR) is 109 cm³/mol. The van der Waals surface area contributed by atoms with Crippen molar-refractivity contribution in [2.75, 3.05) is 6.54 Å². The first kappa shape index (κ1) is 19.3. The fourth-order valence-corrected chi connectivity index (χ4v) is 4.01. The standard InChI is InChI=1S/C23H24FN3O2/c24-19-10-11-21-26-14-20(27(21)15-19)22(28)17-6-8-18(9-7-17)23(29)25-13-12-16-4-2-1-3-5-16/h6-11,14-16H,1-5,12-13H2,(H,25,29). The van der Waals surface area contributed by atoms with E-state index in [9.17, 15) is 14.0 Å². The molecule has 1 fully saturated rings. The molecule has 0 saturated heterocycles. The molecule has 2 aromatic heterocycles. The van der Waals surface area contributed by atoms with Crippen LogP contribution in [0.4, 0.5) is 4.39 Å². The van der Waals surface area contributed by atoms with Gasteiger partial charge >= 0.3 is 0 Å². The second kappa shape index (κ2) is 8.55. The average Bonchev–Trinajstić information content (AvgIpc) is 3.17. The summed E-state index contributed by atoms with van der Waals surface area (Å²) in [5.74, 6) is -0.117. The molecule has 29 heavy (non-hydrogen) atoms. The van der Waals surface area contributed by atoms with E-state index in [0.717, 1.165) is 12.3 Å². The van der Waals surface area contributed by atoms with Crippen molar-refractivity contribution in [2.24, 2.45) is 5.92 Å². The molecule has 0 bridgehead atoms. The SMILES string of the molecule is O=C(NCCC1CCCCC1)c1ccc(C(=O)c2cnc3ccc(F)cn23)cc1. The van der Waals surface area contributed by atoms with Crippen LogP contribution in [-0.4, -0.2) is 27.6 Å². The third-order valence-electron chi connectivity index (χ3n) is 5.67. The summed E-state index contributed by atoms with van der Waals surface area (Å²) in [4.78, 5) is 29.3. The molecule has 6 heteroatoms. The minimum Gasteiger partial charge on any atom is -0.352 e. The number of nitrogens with one attached hydrogen (secondary N) is 1. The lowest BCUT2D eigenvalue weighted by Crippen LogP contribution is -2.26. The van der Waals surface area contributed by atoms with Crippen molar-refractivity contribution in [3.05, 3.63) is 71.4 Å². The molecule has 4 rings (SSSR count). The van der Waals surface area contributed by atoms with Gasteiger partial charge < -0.3 is 5.32 Å². The molecule has 150 valence electrons. The highest BCUT2D eigenvalue weighted by Crippen LogP contribution is 2.25. The van der Waals surface area contributed by atoms with Gasteiger partial charge in [0.25, 0.3) is 5.91 Å². The number of pyridine rings is 1. The third kappa shape index (κ3) is 4.36. The van der Waals surface area contributed by atoms with Gasteiger partial charge in [0, 0.05) is 23.9 Å². The number of aromatic nitrogens is 2. The normalized spacial score (nSPS) is 14.8. The van der Waals surface area contributed by atoms with Crippen LogP contribution in [0.2, 0.25) is 0 Å². The van der Waals surface area contributed by atoms with E-state index in [1.807, 2.05) is 0 Å². The van der Waals surface area contributed by atoms with Crippen molar-refractivity contribution < 1.29 is 14.0 Å². The molecule has 2 heterocycles. The van der Waals surface area contributed by atoms with Crippen molar-refractivity contribution in [1.82, 2.24) is 14.7 Å². The Labute approximate surface area is 169 Å². The molecule has 5 nitrogen and oxygen atoms in total. The molecule has 1 aliphatic carbocycles. The first-order chi connectivity index (χ1) is 14.1. The average molecular weight is 393 g/mol. The quantitative estimate of drug-likeness (QED) is 0.631. The number of rotatable bonds is 6. The summed E-state index contributed by atoms with van der Waals surface area (Å²) >= 11 is 0. The number of hydrogen-bond acceptors (Lipinski definition) is 3. The Bertz CT molecular complexity index is 1020. The fraction of sp³-hybridized carbons (Fsp3) is 0.348. The summed E-state index contributed by atoms with van der Waals surface area (Å²) in [6.07, 6.45) is 10.2. The maximum Gasteiger partial charge on any atom is 0.251 e. The number of halogens is 1. The maximum absolute atomic E-state index is 13.5. The summed E-state index contributed by atoms with van der Waals surface area (Å²) in [6, 6.07) is 9.36. The van der Waals surface area contributed by atoms with Crippen LogP contribution >= 0.6 is 0 Å². The lowest BCUT2D eigenvalue weighted by Gasteiger charge is -2.21. The Morgan fingerprint density at radius 3 is 2.52 bits per heavy atom. The number of fused-ring (bicyclic) bond motifs is 1. The van der Waals surface area contributed by atoms with Gasteiger partial charge in [-0.3, -0.25) is 14.0 Å². The van der Waals surface area contributed by atoms with Crippen LogP contribution in [0.1, 0.15) is 64.9 Å². The van der Waals surface area contributed by atoms with Crippen LogP contribution < -0.4 is 5.32 Å². The molecule has 1 N–H and O–H groups in total. The monoisotopic (exact) mass is 393 g/mol. The number of ketones is 1. The molecule has 1 saturated carbocycles. The van der Waals surface area contributed by atoms with Crippen LogP contribution in [0.3, 0.4) is 0 Å². The van der Waals surface area contributed by atoms with Crippen molar-refractivity contribution in [2.45, 2.75) is 38.5 Å². The van der Waals surface area contributed by atoms with Gasteiger partial charge in [-0.1, -0.05) is 44.2 Å². The number of imidazole rings is 1. The highest BCUT2D eigenvalue weighted by atomic mass is 19.1. The largest absolute Gasteiger partial charge is 0.352 e. The van der Waals surface area contributed by atoms with Crippen molar-refractivity contribution in [1.29, 1.82) is 0 Å². The van der Waals surface area contributed by atoms with Gasteiger partial charge in [-0.2, -0.15) is 0 Å². The number of carbonyl (C=O) groups is 2. The van der Waals surface area contributed by atoms with Gasteiger partial charge in [-0.15, -0.1) is 0 Å². The summed E-state index contributed by atoms with van der Waals surface area (Å²) in [6.45, 7) is 0.678. The summed E-state index contributed by atoms with van der Waals surface area (Å²) in [5, 5.41) is 2.97. The van der Waals surface area contributed by atoms with Crippen molar-refractivity contribution >= 4 is 17.3 Å². The smallest absolute Gasteiger partial charge is 0.251 e. The molecule has 0 radical (unpaired) electrons. The van der Waals surface area contributed by atoms with Gasteiger partial charge in [-0.25, -0.2) is 9.37 Å². The Hall–Kier alpha value is -3.02. The fourth-order valence-electron chi connectivity index (χ4n) is 4.01. The Morgan fingerprint density at radius 1 is 1.03 bits per heavy atom. The van der Waals surface area contributed by atoms with E-state index in [1.165, 1.54) is 61.0 Å². The van der Waals surface area contributed by atoms with E-state index in [-0.39, 0.29) is 17.4 Å². The minimum atomic E-state index is -0.440. The number of hydrogen-bond donors (Lipinski definition) is 1. The van der Waals surface area contributed by atoms with Gasteiger partial charge in [-0.05, 0) is 36.6 Å². The van der Waals surface area contributed by atoms with Crippen LogP contribution in [0, 0.1) is 11.7 Å². The predicted octanol–water partition coefficient (Wildman–Crippen LogP) is 4.40. The summed E-state index contributed by atoms with van der Waals surface area (Å²) in [5.41, 5.74) is 1.73. The van der Waals surface area contributed by atoms with Crippen molar-refractivity contribution in [3.63, 3.8) is 0 Å². The highest BCUT2D eigenvalue weighted by molar-refractivity contribution is 6.08.